The normalized spacial score (nSPS) is 12.9. The van der Waals surface area contributed by atoms with Gasteiger partial charge in [0.05, 0.1) is 31.7 Å². The Hall–Kier alpha value is -4.56. The third-order valence-corrected chi connectivity index (χ3v) is 6.29. The van der Waals surface area contributed by atoms with Gasteiger partial charge in [-0.15, -0.1) is 5.53 Å². The Morgan fingerprint density at radius 2 is 1.71 bits per heavy atom. The first kappa shape index (κ1) is 25.1. The Kier molecular flexibility index (Phi) is 7.70. The molecule has 1 aromatic heterocycles. The minimum Gasteiger partial charge on any atom is -0.493 e. The third-order valence-electron chi connectivity index (χ3n) is 6.29. The molecule has 0 fully saturated rings. The smallest absolute Gasteiger partial charge is 0.357 e. The lowest BCUT2D eigenvalue weighted by Gasteiger charge is -2.21. The summed E-state index contributed by atoms with van der Waals surface area (Å²) < 4.78 is 16.9. The lowest BCUT2D eigenvalue weighted by Crippen LogP contribution is -2.38. The van der Waals surface area contributed by atoms with Gasteiger partial charge in [0, 0.05) is 18.4 Å². The maximum Gasteiger partial charge on any atom is 0.357 e. The molecule has 0 bridgehead atoms. The van der Waals surface area contributed by atoms with Crippen LogP contribution in [0.1, 0.15) is 22.6 Å². The molecular weight excluding hydrogens is 480 g/mol. The number of aryl methyl sites for hydroxylation is 1. The zero-order chi connectivity index (χ0) is 26.3. The quantitative estimate of drug-likeness (QED) is 0.296. The number of oxazole rings is 1. The summed E-state index contributed by atoms with van der Waals surface area (Å²) in [7, 11) is 1.38. The minimum absolute atomic E-state index is 0.394. The maximum absolute atomic E-state index is 12.4. The Bertz CT molecular complexity index is 1420. The van der Waals surface area contributed by atoms with E-state index in [1.807, 2.05) is 96.9 Å². The predicted molar refractivity (Wildman–Crippen MR) is 143 cm³/mol. The summed E-state index contributed by atoms with van der Waals surface area (Å²) >= 11 is 0. The zero-order valence-electron chi connectivity index (χ0n) is 21.4. The van der Waals surface area contributed by atoms with Crippen LogP contribution in [0.15, 0.2) is 101 Å². The van der Waals surface area contributed by atoms with E-state index in [-0.39, 0.29) is 0 Å². The van der Waals surface area contributed by atoms with Crippen molar-refractivity contribution in [3.05, 3.63) is 119 Å². The molecule has 194 valence electrons. The van der Waals surface area contributed by atoms with E-state index in [4.69, 9.17) is 13.9 Å². The van der Waals surface area contributed by atoms with E-state index in [0.717, 1.165) is 39.6 Å². The van der Waals surface area contributed by atoms with Crippen LogP contribution >= 0.6 is 0 Å². The van der Waals surface area contributed by atoms with Gasteiger partial charge in [-0.3, -0.25) is 10.4 Å². The lowest BCUT2D eigenvalue weighted by molar-refractivity contribution is -0.136. The van der Waals surface area contributed by atoms with Gasteiger partial charge in [-0.05, 0) is 42.3 Å². The molecule has 0 unspecified atom stereocenters. The number of hydrogen-bond acceptors (Lipinski definition) is 8. The van der Waals surface area contributed by atoms with Crippen molar-refractivity contribution >= 4 is 5.97 Å². The number of nitrogens with zero attached hydrogens (tertiary/aromatic N) is 2. The van der Waals surface area contributed by atoms with Crippen LogP contribution < -0.4 is 15.7 Å². The molecule has 0 saturated heterocycles. The van der Waals surface area contributed by atoms with E-state index in [1.54, 1.807) is 0 Å². The highest BCUT2D eigenvalue weighted by Gasteiger charge is 2.27. The molecular formula is C30H30N4O4. The van der Waals surface area contributed by atoms with Crippen LogP contribution in [-0.4, -0.2) is 29.7 Å². The molecule has 0 spiro atoms. The van der Waals surface area contributed by atoms with Crippen LogP contribution in [0.2, 0.25) is 0 Å². The number of allylic oxidation sites excluding steroid dienone is 1. The monoisotopic (exact) mass is 510 g/mol. The van der Waals surface area contributed by atoms with Crippen molar-refractivity contribution in [2.24, 2.45) is 0 Å². The summed E-state index contributed by atoms with van der Waals surface area (Å²) in [5, 5.41) is 1.92. The highest BCUT2D eigenvalue weighted by Crippen LogP contribution is 2.24. The van der Waals surface area contributed by atoms with E-state index in [9.17, 15) is 4.79 Å². The number of methoxy groups -OCH3 is 1. The summed E-state index contributed by atoms with van der Waals surface area (Å²) in [6.45, 7) is 2.97. The van der Waals surface area contributed by atoms with Gasteiger partial charge >= 0.3 is 5.97 Å². The molecule has 0 radical (unpaired) electrons. The number of carbonyl (C=O) groups is 1. The van der Waals surface area contributed by atoms with Crippen molar-refractivity contribution in [2.75, 3.05) is 13.7 Å². The van der Waals surface area contributed by atoms with Gasteiger partial charge in [0.15, 0.2) is 5.70 Å². The molecule has 5 rings (SSSR count). The Labute approximate surface area is 221 Å². The van der Waals surface area contributed by atoms with E-state index in [1.165, 1.54) is 7.11 Å². The molecule has 1 aliphatic rings. The molecule has 2 N–H and O–H groups in total. The van der Waals surface area contributed by atoms with Crippen molar-refractivity contribution in [3.63, 3.8) is 0 Å². The average Bonchev–Trinajstić information content (AvgIpc) is 3.52. The molecule has 1 aliphatic heterocycles. The number of aromatic nitrogens is 1. The molecule has 0 atom stereocenters. The predicted octanol–water partition coefficient (Wildman–Crippen LogP) is 4.72. The number of carbonyl (C=O) groups excluding carboxylic acids is 1. The molecule has 3 aromatic carbocycles. The minimum atomic E-state index is -0.423. The van der Waals surface area contributed by atoms with Crippen LogP contribution in [0.4, 0.5) is 0 Å². The summed E-state index contributed by atoms with van der Waals surface area (Å²) in [4.78, 5) is 17.1. The highest BCUT2D eigenvalue weighted by molar-refractivity contribution is 5.88. The van der Waals surface area contributed by atoms with Crippen LogP contribution in [-0.2, 0) is 28.9 Å². The van der Waals surface area contributed by atoms with E-state index in [0.29, 0.717) is 37.6 Å². The van der Waals surface area contributed by atoms with Crippen molar-refractivity contribution in [3.8, 4) is 17.2 Å². The number of hydrogen-bond donors (Lipinski definition) is 2. The number of esters is 1. The number of hydrazine groups is 2. The molecule has 8 nitrogen and oxygen atoms in total. The van der Waals surface area contributed by atoms with Gasteiger partial charge in [0.2, 0.25) is 5.89 Å². The fourth-order valence-corrected chi connectivity index (χ4v) is 4.32. The molecule has 0 saturated carbocycles. The second-order valence-corrected chi connectivity index (χ2v) is 8.93. The van der Waals surface area contributed by atoms with Gasteiger partial charge in [0.1, 0.15) is 11.5 Å². The fourth-order valence-electron chi connectivity index (χ4n) is 4.32. The van der Waals surface area contributed by atoms with Gasteiger partial charge < -0.3 is 13.9 Å². The first-order chi connectivity index (χ1) is 18.6. The van der Waals surface area contributed by atoms with E-state index in [2.05, 4.69) is 15.9 Å². The lowest BCUT2D eigenvalue weighted by atomic mass is 10.1. The fraction of sp³-hybridized carbons (Fsp3) is 0.200. The molecule has 8 heteroatoms. The second-order valence-electron chi connectivity index (χ2n) is 8.93. The molecule has 2 heterocycles. The number of benzene rings is 3. The van der Waals surface area contributed by atoms with Crippen LogP contribution in [0.5, 0.6) is 5.75 Å². The standard InChI is InChI=1S/C30H30N4O4/c1-21-26(31-29(38-21)24-13-7-4-8-14-24)16-17-37-25-15-9-12-23(18-25)19-27-28(30(35)36-2)32-33-34(27)20-22-10-5-3-6-11-22/h3-15,18,32-33H,16-17,19-20H2,1-2H3. The average molecular weight is 511 g/mol. The van der Waals surface area contributed by atoms with Gasteiger partial charge in [-0.25, -0.2) is 9.78 Å². The summed E-state index contributed by atoms with van der Waals surface area (Å²) in [5.74, 6) is 1.74. The Morgan fingerprint density at radius 1 is 0.974 bits per heavy atom. The van der Waals surface area contributed by atoms with Crippen LogP contribution in [0, 0.1) is 6.92 Å². The molecule has 38 heavy (non-hydrogen) atoms. The summed E-state index contributed by atoms with van der Waals surface area (Å²) in [6.07, 6.45) is 1.14. The van der Waals surface area contributed by atoms with E-state index < -0.39 is 5.97 Å². The van der Waals surface area contributed by atoms with Crippen molar-refractivity contribution in [1.82, 2.24) is 21.0 Å². The number of nitrogens with one attached hydrogen (secondary N) is 2. The first-order valence-electron chi connectivity index (χ1n) is 12.5. The highest BCUT2D eigenvalue weighted by atomic mass is 16.5. The van der Waals surface area contributed by atoms with Crippen molar-refractivity contribution in [2.45, 2.75) is 26.3 Å². The molecule has 0 amide bonds. The largest absolute Gasteiger partial charge is 0.493 e. The number of ether oxygens (including phenoxy) is 2. The van der Waals surface area contributed by atoms with Gasteiger partial charge in [-0.1, -0.05) is 60.7 Å². The van der Waals surface area contributed by atoms with E-state index >= 15 is 0 Å². The van der Waals surface area contributed by atoms with Crippen molar-refractivity contribution in [1.29, 1.82) is 0 Å². The topological polar surface area (TPSA) is 88.9 Å². The summed E-state index contributed by atoms with van der Waals surface area (Å²) in [6, 6.07) is 27.8. The third kappa shape index (κ3) is 5.87. The van der Waals surface area contributed by atoms with Gasteiger partial charge in [-0.2, -0.15) is 0 Å². The molecule has 4 aromatic rings. The zero-order valence-corrected chi connectivity index (χ0v) is 21.4. The van der Waals surface area contributed by atoms with Gasteiger partial charge in [0.25, 0.3) is 0 Å². The number of rotatable bonds is 10. The second kappa shape index (κ2) is 11.7. The Balaban J connectivity index is 1.25. The summed E-state index contributed by atoms with van der Waals surface area (Å²) in [5.41, 5.74) is 11.2. The molecule has 0 aliphatic carbocycles. The Morgan fingerprint density at radius 3 is 2.47 bits per heavy atom. The first-order valence-corrected chi connectivity index (χ1v) is 12.5. The van der Waals surface area contributed by atoms with Crippen LogP contribution in [0.3, 0.4) is 0 Å². The van der Waals surface area contributed by atoms with Crippen molar-refractivity contribution < 1.29 is 18.7 Å². The maximum atomic E-state index is 12.4. The SMILES string of the molecule is COC(=O)C1=C(Cc2cccc(OCCc3nc(-c4ccccc4)oc3C)c2)N(Cc2ccccc2)NN1. The van der Waals surface area contributed by atoms with Crippen LogP contribution in [0.25, 0.3) is 11.5 Å².